The van der Waals surface area contributed by atoms with Crippen LogP contribution in [0.4, 0.5) is 0 Å². The van der Waals surface area contributed by atoms with Gasteiger partial charge in [0, 0.05) is 21.2 Å². The minimum absolute atomic E-state index is 0.392. The Kier molecular flexibility index (Phi) is 4.58. The molecule has 2 aromatic carbocycles. The van der Waals surface area contributed by atoms with E-state index >= 15 is 0 Å². The van der Waals surface area contributed by atoms with Crippen LogP contribution in [0.5, 0.6) is 5.75 Å². The predicted molar refractivity (Wildman–Crippen MR) is 78.5 cm³/mol. The summed E-state index contributed by atoms with van der Waals surface area (Å²) >= 11 is 18.3. The van der Waals surface area contributed by atoms with E-state index in [9.17, 15) is 5.11 Å². The summed E-state index contributed by atoms with van der Waals surface area (Å²) in [5.74, 6) is 0.617. The van der Waals surface area contributed by atoms with Gasteiger partial charge in [-0.2, -0.15) is 0 Å². The third-order valence-electron chi connectivity index (χ3n) is 2.78. The monoisotopic (exact) mass is 316 g/mol. The van der Waals surface area contributed by atoms with Gasteiger partial charge in [-0.1, -0.05) is 46.9 Å². The van der Waals surface area contributed by atoms with E-state index in [2.05, 4.69) is 0 Å². The number of hydrogen-bond acceptors (Lipinski definition) is 2. The number of hydrogen-bond donors (Lipinski definition) is 1. The van der Waals surface area contributed by atoms with Gasteiger partial charge >= 0.3 is 0 Å². The fourth-order valence-corrected chi connectivity index (χ4v) is 2.66. The Labute approximate surface area is 126 Å². The summed E-state index contributed by atoms with van der Waals surface area (Å²) in [5, 5.41) is 11.6. The third kappa shape index (κ3) is 2.98. The molecule has 2 nitrogen and oxygen atoms in total. The molecule has 1 atom stereocenters. The molecule has 5 heteroatoms. The van der Waals surface area contributed by atoms with E-state index in [-0.39, 0.29) is 0 Å². The zero-order valence-corrected chi connectivity index (χ0v) is 12.3. The molecule has 0 saturated heterocycles. The van der Waals surface area contributed by atoms with E-state index in [0.717, 1.165) is 0 Å². The molecule has 0 bridgehead atoms. The maximum Gasteiger partial charge on any atom is 0.120 e. The highest BCUT2D eigenvalue weighted by molar-refractivity contribution is 6.36. The van der Waals surface area contributed by atoms with Crippen molar-refractivity contribution < 1.29 is 9.84 Å². The molecule has 0 aliphatic heterocycles. The predicted octanol–water partition coefficient (Wildman–Crippen LogP) is 4.74. The molecule has 0 radical (unpaired) electrons. The van der Waals surface area contributed by atoms with Gasteiger partial charge in [-0.15, -0.1) is 0 Å². The lowest BCUT2D eigenvalue weighted by Gasteiger charge is -2.16. The maximum absolute atomic E-state index is 10.4. The lowest BCUT2D eigenvalue weighted by atomic mass is 10.0. The highest BCUT2D eigenvalue weighted by Gasteiger charge is 2.20. The molecule has 0 amide bonds. The average molecular weight is 318 g/mol. The summed E-state index contributed by atoms with van der Waals surface area (Å²) in [6.45, 7) is 0. The maximum atomic E-state index is 10.4. The number of aliphatic hydroxyl groups is 1. The first kappa shape index (κ1) is 14.5. The highest BCUT2D eigenvalue weighted by atomic mass is 35.5. The van der Waals surface area contributed by atoms with Gasteiger partial charge in [0.25, 0.3) is 0 Å². The quantitative estimate of drug-likeness (QED) is 0.886. The van der Waals surface area contributed by atoms with Crippen LogP contribution < -0.4 is 4.74 Å². The van der Waals surface area contributed by atoms with Crippen LogP contribution in [-0.2, 0) is 0 Å². The summed E-state index contributed by atoms with van der Waals surface area (Å²) in [6.07, 6.45) is -0.986. The van der Waals surface area contributed by atoms with Crippen LogP contribution in [0.3, 0.4) is 0 Å². The minimum atomic E-state index is -0.986. The Bertz CT molecular complexity index is 579. The number of benzene rings is 2. The van der Waals surface area contributed by atoms with Crippen molar-refractivity contribution in [2.45, 2.75) is 6.10 Å². The van der Waals surface area contributed by atoms with E-state index in [1.54, 1.807) is 43.5 Å². The van der Waals surface area contributed by atoms with Crippen molar-refractivity contribution >= 4 is 34.8 Å². The van der Waals surface area contributed by atoms with Gasteiger partial charge in [-0.3, -0.25) is 0 Å². The lowest BCUT2D eigenvalue weighted by Crippen LogP contribution is -2.02. The van der Waals surface area contributed by atoms with Crippen LogP contribution >= 0.6 is 34.8 Å². The van der Waals surface area contributed by atoms with Crippen molar-refractivity contribution in [1.82, 2.24) is 0 Å². The van der Waals surface area contributed by atoms with Crippen LogP contribution in [0.2, 0.25) is 15.1 Å². The smallest absolute Gasteiger partial charge is 0.120 e. The molecule has 1 N–H and O–H groups in total. The van der Waals surface area contributed by atoms with E-state index in [1.807, 2.05) is 0 Å². The second-order valence-corrected chi connectivity index (χ2v) is 5.15. The number of halogens is 3. The van der Waals surface area contributed by atoms with Crippen molar-refractivity contribution in [2.24, 2.45) is 0 Å². The molecule has 0 fully saturated rings. The molecule has 0 heterocycles. The summed E-state index contributed by atoms with van der Waals surface area (Å²) in [4.78, 5) is 0. The first-order chi connectivity index (χ1) is 9.04. The SMILES string of the molecule is COc1ccc(C(O)c2c(Cl)cccc2Cl)c(Cl)c1. The molecule has 2 rings (SSSR count). The Balaban J connectivity index is 2.47. The lowest BCUT2D eigenvalue weighted by molar-refractivity contribution is 0.220. The van der Waals surface area contributed by atoms with Gasteiger partial charge in [-0.05, 0) is 24.3 Å². The normalized spacial score (nSPS) is 12.3. The molecule has 0 spiro atoms. The largest absolute Gasteiger partial charge is 0.497 e. The van der Waals surface area contributed by atoms with Crippen LogP contribution in [-0.4, -0.2) is 12.2 Å². The Morgan fingerprint density at radius 2 is 1.63 bits per heavy atom. The number of methoxy groups -OCH3 is 1. The van der Waals surface area contributed by atoms with E-state index in [0.29, 0.717) is 31.9 Å². The molecule has 19 heavy (non-hydrogen) atoms. The van der Waals surface area contributed by atoms with Crippen molar-refractivity contribution in [3.63, 3.8) is 0 Å². The van der Waals surface area contributed by atoms with E-state index < -0.39 is 6.10 Å². The second kappa shape index (κ2) is 6.02. The van der Waals surface area contributed by atoms with Crippen LogP contribution in [0.25, 0.3) is 0 Å². The fourth-order valence-electron chi connectivity index (χ4n) is 1.78. The van der Waals surface area contributed by atoms with Crippen molar-refractivity contribution in [2.75, 3.05) is 7.11 Å². The fraction of sp³-hybridized carbons (Fsp3) is 0.143. The summed E-state index contributed by atoms with van der Waals surface area (Å²) in [6, 6.07) is 10.1. The number of ether oxygens (including phenoxy) is 1. The molecular weight excluding hydrogens is 307 g/mol. The molecule has 0 saturated carbocycles. The zero-order valence-electron chi connectivity index (χ0n) is 10.0. The minimum Gasteiger partial charge on any atom is -0.497 e. The van der Waals surface area contributed by atoms with Gasteiger partial charge in [0.15, 0.2) is 0 Å². The van der Waals surface area contributed by atoms with Crippen molar-refractivity contribution in [3.05, 3.63) is 62.6 Å². The molecule has 100 valence electrons. The first-order valence-electron chi connectivity index (χ1n) is 5.50. The Hall–Kier alpha value is -0.930. The molecular formula is C14H11Cl3O2. The summed E-state index contributed by atoms with van der Waals surface area (Å²) in [7, 11) is 1.55. The molecule has 0 aliphatic rings. The van der Waals surface area contributed by atoms with Gasteiger partial charge < -0.3 is 9.84 Å². The van der Waals surface area contributed by atoms with Gasteiger partial charge in [0.1, 0.15) is 11.9 Å². The zero-order chi connectivity index (χ0) is 14.0. The van der Waals surface area contributed by atoms with Gasteiger partial charge in [0.2, 0.25) is 0 Å². The molecule has 0 aromatic heterocycles. The van der Waals surface area contributed by atoms with Crippen molar-refractivity contribution in [3.8, 4) is 5.75 Å². The highest BCUT2D eigenvalue weighted by Crippen LogP contribution is 2.37. The van der Waals surface area contributed by atoms with Crippen LogP contribution in [0.1, 0.15) is 17.2 Å². The van der Waals surface area contributed by atoms with Gasteiger partial charge in [-0.25, -0.2) is 0 Å². The topological polar surface area (TPSA) is 29.5 Å². The number of aliphatic hydroxyl groups excluding tert-OH is 1. The van der Waals surface area contributed by atoms with E-state index in [4.69, 9.17) is 39.5 Å². The Morgan fingerprint density at radius 1 is 1.00 bits per heavy atom. The summed E-state index contributed by atoms with van der Waals surface area (Å²) < 4.78 is 5.06. The first-order valence-corrected chi connectivity index (χ1v) is 6.63. The van der Waals surface area contributed by atoms with Gasteiger partial charge in [0.05, 0.1) is 12.1 Å². The molecule has 0 aliphatic carbocycles. The van der Waals surface area contributed by atoms with Crippen molar-refractivity contribution in [1.29, 1.82) is 0 Å². The third-order valence-corrected chi connectivity index (χ3v) is 3.76. The second-order valence-electron chi connectivity index (χ2n) is 3.93. The molecule has 2 aromatic rings. The van der Waals surface area contributed by atoms with E-state index in [1.165, 1.54) is 0 Å². The van der Waals surface area contributed by atoms with Crippen LogP contribution in [0, 0.1) is 0 Å². The Morgan fingerprint density at radius 3 is 2.16 bits per heavy atom. The average Bonchev–Trinajstić information content (AvgIpc) is 2.38. The molecule has 1 unspecified atom stereocenters. The standard InChI is InChI=1S/C14H11Cl3O2/c1-19-8-5-6-9(12(17)7-8)14(18)13-10(15)3-2-4-11(13)16/h2-7,14,18H,1H3. The summed E-state index contributed by atoms with van der Waals surface area (Å²) in [5.41, 5.74) is 0.968. The number of rotatable bonds is 3. The van der Waals surface area contributed by atoms with Crippen LogP contribution in [0.15, 0.2) is 36.4 Å².